The minimum atomic E-state index is 0.517. The fraction of sp³-hybridized carbons (Fsp3) is 0.647. The Kier molecular flexibility index (Phi) is 5.50. The van der Waals surface area contributed by atoms with Gasteiger partial charge in [0, 0.05) is 35.3 Å². The number of hydrogen-bond acceptors (Lipinski definition) is 2. The summed E-state index contributed by atoms with van der Waals surface area (Å²) in [5.74, 6) is 0.915. The van der Waals surface area contributed by atoms with Crippen LogP contribution in [-0.2, 0) is 6.54 Å². The van der Waals surface area contributed by atoms with Crippen molar-refractivity contribution in [2.24, 2.45) is 5.92 Å². The first-order chi connectivity index (χ1) is 9.47. The smallest absolute Gasteiger partial charge is 0.0380 e. The first-order valence-corrected chi connectivity index (χ1v) is 8.55. The lowest BCUT2D eigenvalue weighted by atomic mass is 10.1. The van der Waals surface area contributed by atoms with Gasteiger partial charge in [0.15, 0.2) is 0 Å². The highest BCUT2D eigenvalue weighted by Crippen LogP contribution is 2.33. The fourth-order valence-corrected chi connectivity index (χ4v) is 2.87. The summed E-state index contributed by atoms with van der Waals surface area (Å²) in [7, 11) is 0. The molecule has 20 heavy (non-hydrogen) atoms. The normalized spacial score (nSPS) is 15.2. The van der Waals surface area contributed by atoms with E-state index in [-0.39, 0.29) is 0 Å². The quantitative estimate of drug-likeness (QED) is 0.783. The summed E-state index contributed by atoms with van der Waals surface area (Å²) in [6.07, 6.45) is 2.81. The van der Waals surface area contributed by atoms with Crippen LogP contribution in [0.2, 0.25) is 0 Å². The van der Waals surface area contributed by atoms with Crippen LogP contribution >= 0.6 is 15.9 Å². The van der Waals surface area contributed by atoms with Gasteiger partial charge in [-0.2, -0.15) is 0 Å². The van der Waals surface area contributed by atoms with E-state index in [9.17, 15) is 0 Å². The average Bonchev–Trinajstić information content (AvgIpc) is 3.17. The maximum atomic E-state index is 3.73. The second-order valence-corrected chi connectivity index (χ2v) is 7.36. The summed E-state index contributed by atoms with van der Waals surface area (Å²) in [5, 5.41) is 3.47. The summed E-state index contributed by atoms with van der Waals surface area (Å²) in [5.41, 5.74) is 2.67. The topological polar surface area (TPSA) is 15.3 Å². The zero-order valence-corrected chi connectivity index (χ0v) is 14.7. The van der Waals surface area contributed by atoms with Crippen molar-refractivity contribution in [2.45, 2.75) is 59.2 Å². The van der Waals surface area contributed by atoms with Gasteiger partial charge in [0.1, 0.15) is 0 Å². The zero-order valence-electron chi connectivity index (χ0n) is 13.1. The van der Waals surface area contributed by atoms with Crippen LogP contribution in [-0.4, -0.2) is 18.6 Å². The SMILES string of the molecule is CC(C)NCc1ccc(N(CC2CC2)C(C)C)cc1Br. The van der Waals surface area contributed by atoms with E-state index in [0.717, 1.165) is 12.5 Å². The fourth-order valence-electron chi connectivity index (χ4n) is 2.37. The molecule has 1 N–H and O–H groups in total. The molecular weight excluding hydrogens is 312 g/mol. The molecule has 0 bridgehead atoms. The summed E-state index contributed by atoms with van der Waals surface area (Å²) >= 11 is 3.73. The van der Waals surface area contributed by atoms with Crippen LogP contribution in [0.1, 0.15) is 46.1 Å². The molecule has 2 nitrogen and oxygen atoms in total. The van der Waals surface area contributed by atoms with Crippen LogP contribution in [0, 0.1) is 5.92 Å². The minimum Gasteiger partial charge on any atom is -0.369 e. The third-order valence-electron chi connectivity index (χ3n) is 3.84. The van der Waals surface area contributed by atoms with E-state index in [1.165, 1.54) is 35.1 Å². The van der Waals surface area contributed by atoms with E-state index >= 15 is 0 Å². The van der Waals surface area contributed by atoms with Crippen LogP contribution in [0.25, 0.3) is 0 Å². The second-order valence-electron chi connectivity index (χ2n) is 6.50. The Morgan fingerprint density at radius 2 is 1.95 bits per heavy atom. The molecule has 3 heteroatoms. The second kappa shape index (κ2) is 6.95. The molecule has 1 saturated carbocycles. The third kappa shape index (κ3) is 4.49. The van der Waals surface area contributed by atoms with E-state index < -0.39 is 0 Å². The molecule has 0 aliphatic heterocycles. The predicted octanol–water partition coefficient (Wildman–Crippen LogP) is 4.57. The standard InChI is InChI=1S/C17H27BrN2/c1-12(2)19-10-15-7-8-16(9-17(15)18)20(13(3)4)11-14-5-6-14/h7-9,12-14,19H,5-6,10-11H2,1-4H3. The monoisotopic (exact) mass is 338 g/mol. The summed E-state index contributed by atoms with van der Waals surface area (Å²) < 4.78 is 1.21. The molecule has 0 heterocycles. The predicted molar refractivity (Wildman–Crippen MR) is 91.3 cm³/mol. The zero-order chi connectivity index (χ0) is 14.7. The molecule has 0 radical (unpaired) electrons. The first-order valence-electron chi connectivity index (χ1n) is 7.75. The van der Waals surface area contributed by atoms with Crippen molar-refractivity contribution in [1.29, 1.82) is 0 Å². The van der Waals surface area contributed by atoms with Crippen molar-refractivity contribution >= 4 is 21.6 Å². The van der Waals surface area contributed by atoms with Gasteiger partial charge in [-0.25, -0.2) is 0 Å². The van der Waals surface area contributed by atoms with Gasteiger partial charge in [-0.1, -0.05) is 35.8 Å². The van der Waals surface area contributed by atoms with Crippen LogP contribution in [0.3, 0.4) is 0 Å². The van der Waals surface area contributed by atoms with Gasteiger partial charge in [-0.05, 0) is 50.3 Å². The van der Waals surface area contributed by atoms with Crippen LogP contribution in [0.15, 0.2) is 22.7 Å². The van der Waals surface area contributed by atoms with Crippen molar-refractivity contribution in [3.8, 4) is 0 Å². The maximum Gasteiger partial charge on any atom is 0.0380 e. The van der Waals surface area contributed by atoms with Crippen molar-refractivity contribution in [1.82, 2.24) is 5.32 Å². The van der Waals surface area contributed by atoms with Gasteiger partial charge in [0.2, 0.25) is 0 Å². The van der Waals surface area contributed by atoms with Gasteiger partial charge in [-0.3, -0.25) is 0 Å². The van der Waals surface area contributed by atoms with Crippen LogP contribution in [0.5, 0.6) is 0 Å². The number of halogens is 1. The lowest BCUT2D eigenvalue weighted by Crippen LogP contribution is -2.32. The Bertz CT molecular complexity index is 439. The molecule has 0 spiro atoms. The number of nitrogens with zero attached hydrogens (tertiary/aromatic N) is 1. The number of benzene rings is 1. The molecule has 0 aromatic heterocycles. The molecule has 1 aliphatic rings. The highest BCUT2D eigenvalue weighted by atomic mass is 79.9. The van der Waals surface area contributed by atoms with Crippen molar-refractivity contribution in [3.63, 3.8) is 0 Å². The van der Waals surface area contributed by atoms with E-state index in [1.807, 2.05) is 0 Å². The Morgan fingerprint density at radius 3 is 2.45 bits per heavy atom. The van der Waals surface area contributed by atoms with Gasteiger partial charge in [0.25, 0.3) is 0 Å². The Hall–Kier alpha value is -0.540. The van der Waals surface area contributed by atoms with Crippen molar-refractivity contribution < 1.29 is 0 Å². The number of anilines is 1. The minimum absolute atomic E-state index is 0.517. The molecule has 1 fully saturated rings. The van der Waals surface area contributed by atoms with Crippen LogP contribution < -0.4 is 10.2 Å². The van der Waals surface area contributed by atoms with Gasteiger partial charge in [0.05, 0.1) is 0 Å². The largest absolute Gasteiger partial charge is 0.369 e. The van der Waals surface area contributed by atoms with Crippen molar-refractivity contribution in [3.05, 3.63) is 28.2 Å². The van der Waals surface area contributed by atoms with E-state index in [1.54, 1.807) is 0 Å². The Balaban J connectivity index is 2.09. The highest BCUT2D eigenvalue weighted by molar-refractivity contribution is 9.10. The summed E-state index contributed by atoms with van der Waals surface area (Å²) in [6.45, 7) is 11.0. The lowest BCUT2D eigenvalue weighted by Gasteiger charge is -2.29. The molecule has 2 rings (SSSR count). The van der Waals surface area contributed by atoms with Crippen LogP contribution in [0.4, 0.5) is 5.69 Å². The van der Waals surface area contributed by atoms with Gasteiger partial charge in [-0.15, -0.1) is 0 Å². The maximum absolute atomic E-state index is 3.73. The number of hydrogen-bond donors (Lipinski definition) is 1. The van der Waals surface area contributed by atoms with E-state index in [0.29, 0.717) is 12.1 Å². The summed E-state index contributed by atoms with van der Waals surface area (Å²) in [4.78, 5) is 2.53. The number of rotatable bonds is 7. The molecule has 1 aromatic rings. The number of nitrogens with one attached hydrogen (secondary N) is 1. The Labute approximate surface area is 132 Å². The molecule has 0 saturated heterocycles. The molecule has 0 amide bonds. The first kappa shape index (κ1) is 15.8. The molecule has 0 atom stereocenters. The van der Waals surface area contributed by atoms with E-state index in [2.05, 4.69) is 72.0 Å². The lowest BCUT2D eigenvalue weighted by molar-refractivity contribution is 0.587. The van der Waals surface area contributed by atoms with Crippen molar-refractivity contribution in [2.75, 3.05) is 11.4 Å². The molecule has 1 aromatic carbocycles. The van der Waals surface area contributed by atoms with E-state index in [4.69, 9.17) is 0 Å². The Morgan fingerprint density at radius 1 is 1.25 bits per heavy atom. The molecular formula is C17H27BrN2. The molecule has 112 valence electrons. The molecule has 0 unspecified atom stereocenters. The molecule has 1 aliphatic carbocycles. The highest BCUT2D eigenvalue weighted by Gasteiger charge is 2.25. The van der Waals surface area contributed by atoms with Gasteiger partial charge >= 0.3 is 0 Å². The van der Waals surface area contributed by atoms with Gasteiger partial charge < -0.3 is 10.2 Å². The average molecular weight is 339 g/mol. The third-order valence-corrected chi connectivity index (χ3v) is 4.58. The summed E-state index contributed by atoms with van der Waals surface area (Å²) in [6, 6.07) is 7.87.